The van der Waals surface area contributed by atoms with Crippen LogP contribution in [-0.2, 0) is 6.42 Å². The van der Waals surface area contributed by atoms with Gasteiger partial charge in [0.05, 0.1) is 0 Å². The van der Waals surface area contributed by atoms with Gasteiger partial charge in [-0.2, -0.15) is 0 Å². The van der Waals surface area contributed by atoms with E-state index in [1.165, 1.54) is 37.7 Å². The number of unbranched alkanes of at least 4 members (excludes halogenated alkanes) is 4. The van der Waals surface area contributed by atoms with Crippen LogP contribution in [-0.4, -0.2) is 5.91 Å². The summed E-state index contributed by atoms with van der Waals surface area (Å²) in [6.07, 6.45) is 7.58. The summed E-state index contributed by atoms with van der Waals surface area (Å²) < 4.78 is 0. The Morgan fingerprint density at radius 2 is 1.65 bits per heavy atom. The number of hydrogen-bond donors (Lipinski definition) is 1. The van der Waals surface area contributed by atoms with E-state index in [-0.39, 0.29) is 18.3 Å². The molecule has 1 aromatic carbocycles. The maximum atomic E-state index is 10.9. The molecule has 1 aromatic rings. The van der Waals surface area contributed by atoms with E-state index in [4.69, 9.17) is 5.73 Å². The SMILES string of the molecule is CCCCCCCc1ccc(C(N)=O)cc1.Cl. The van der Waals surface area contributed by atoms with Crippen molar-refractivity contribution >= 4 is 18.3 Å². The molecule has 0 saturated heterocycles. The minimum atomic E-state index is -0.352. The molecular weight excluding hydrogens is 234 g/mol. The highest BCUT2D eigenvalue weighted by molar-refractivity contribution is 5.92. The fourth-order valence-corrected chi connectivity index (χ4v) is 1.77. The van der Waals surface area contributed by atoms with Crippen LogP contribution in [0.1, 0.15) is 54.9 Å². The van der Waals surface area contributed by atoms with Gasteiger partial charge in [0.25, 0.3) is 0 Å². The lowest BCUT2D eigenvalue weighted by molar-refractivity contribution is 0.100. The molecule has 3 heteroatoms. The fourth-order valence-electron chi connectivity index (χ4n) is 1.77. The molecule has 0 heterocycles. The van der Waals surface area contributed by atoms with Crippen LogP contribution in [0.15, 0.2) is 24.3 Å². The van der Waals surface area contributed by atoms with Gasteiger partial charge in [-0.25, -0.2) is 0 Å². The van der Waals surface area contributed by atoms with Crippen LogP contribution in [0.25, 0.3) is 0 Å². The number of hydrogen-bond acceptors (Lipinski definition) is 1. The number of halogens is 1. The van der Waals surface area contributed by atoms with Gasteiger partial charge in [0.15, 0.2) is 0 Å². The van der Waals surface area contributed by atoms with Gasteiger partial charge in [0, 0.05) is 5.56 Å². The van der Waals surface area contributed by atoms with E-state index in [1.54, 1.807) is 0 Å². The van der Waals surface area contributed by atoms with Crippen LogP contribution in [0.3, 0.4) is 0 Å². The third-order valence-corrected chi connectivity index (χ3v) is 2.81. The lowest BCUT2D eigenvalue weighted by Crippen LogP contribution is -2.10. The van der Waals surface area contributed by atoms with Crippen molar-refractivity contribution in [3.63, 3.8) is 0 Å². The molecule has 2 nitrogen and oxygen atoms in total. The van der Waals surface area contributed by atoms with Gasteiger partial charge < -0.3 is 5.73 Å². The Morgan fingerprint density at radius 1 is 1.06 bits per heavy atom. The molecule has 0 fully saturated rings. The summed E-state index contributed by atoms with van der Waals surface area (Å²) in [6, 6.07) is 7.62. The second-order valence-electron chi connectivity index (χ2n) is 4.23. The first kappa shape index (κ1) is 16.0. The Hall–Kier alpha value is -1.02. The third-order valence-electron chi connectivity index (χ3n) is 2.81. The number of amides is 1. The molecule has 0 radical (unpaired) electrons. The molecule has 2 N–H and O–H groups in total. The van der Waals surface area contributed by atoms with Crippen LogP contribution < -0.4 is 5.73 Å². The number of benzene rings is 1. The molecule has 1 amide bonds. The fraction of sp³-hybridized carbons (Fsp3) is 0.500. The second-order valence-corrected chi connectivity index (χ2v) is 4.23. The Balaban J connectivity index is 0.00000256. The van der Waals surface area contributed by atoms with E-state index < -0.39 is 0 Å². The molecule has 0 aliphatic carbocycles. The maximum absolute atomic E-state index is 10.9. The molecule has 17 heavy (non-hydrogen) atoms. The van der Waals surface area contributed by atoms with Crippen LogP contribution >= 0.6 is 12.4 Å². The van der Waals surface area contributed by atoms with E-state index in [0.29, 0.717) is 5.56 Å². The summed E-state index contributed by atoms with van der Waals surface area (Å²) in [4.78, 5) is 10.9. The molecular formula is C14H22ClNO. The zero-order valence-electron chi connectivity index (χ0n) is 10.4. The zero-order valence-corrected chi connectivity index (χ0v) is 11.3. The molecule has 0 aliphatic rings. The minimum absolute atomic E-state index is 0. The number of carbonyl (C=O) groups is 1. The molecule has 0 saturated carbocycles. The lowest BCUT2D eigenvalue weighted by atomic mass is 10.0. The minimum Gasteiger partial charge on any atom is -0.366 e. The smallest absolute Gasteiger partial charge is 0.248 e. The van der Waals surface area contributed by atoms with E-state index in [2.05, 4.69) is 6.92 Å². The Labute approximate surface area is 110 Å². The summed E-state index contributed by atoms with van der Waals surface area (Å²) in [5.74, 6) is -0.352. The molecule has 0 spiro atoms. The average molecular weight is 256 g/mol. The lowest BCUT2D eigenvalue weighted by Gasteiger charge is -2.02. The number of primary amides is 1. The first-order chi connectivity index (χ1) is 7.74. The molecule has 0 unspecified atom stereocenters. The summed E-state index contributed by atoms with van der Waals surface area (Å²) in [5, 5.41) is 0. The van der Waals surface area contributed by atoms with Gasteiger partial charge in [0.1, 0.15) is 0 Å². The maximum Gasteiger partial charge on any atom is 0.248 e. The highest BCUT2D eigenvalue weighted by Gasteiger charge is 1.99. The highest BCUT2D eigenvalue weighted by Crippen LogP contribution is 2.10. The molecule has 0 atom stereocenters. The monoisotopic (exact) mass is 255 g/mol. The van der Waals surface area contributed by atoms with Crippen LogP contribution in [0, 0.1) is 0 Å². The molecule has 0 aromatic heterocycles. The van der Waals surface area contributed by atoms with Gasteiger partial charge in [-0.05, 0) is 30.5 Å². The van der Waals surface area contributed by atoms with Crippen molar-refractivity contribution < 1.29 is 4.79 Å². The van der Waals surface area contributed by atoms with Crippen molar-refractivity contribution in [3.05, 3.63) is 35.4 Å². The first-order valence-electron chi connectivity index (χ1n) is 6.12. The first-order valence-corrected chi connectivity index (χ1v) is 6.12. The summed E-state index contributed by atoms with van der Waals surface area (Å²) in [5.41, 5.74) is 7.07. The number of nitrogens with two attached hydrogens (primary N) is 1. The second kappa shape index (κ2) is 9.06. The van der Waals surface area contributed by atoms with E-state index in [9.17, 15) is 4.79 Å². The molecule has 96 valence electrons. The van der Waals surface area contributed by atoms with Crippen molar-refractivity contribution in [2.75, 3.05) is 0 Å². The predicted octanol–water partition coefficient (Wildman–Crippen LogP) is 3.72. The number of aryl methyl sites for hydroxylation is 1. The van der Waals surface area contributed by atoms with Gasteiger partial charge >= 0.3 is 0 Å². The van der Waals surface area contributed by atoms with Gasteiger partial charge in [-0.1, -0.05) is 44.7 Å². The molecule has 0 aliphatic heterocycles. The number of rotatable bonds is 7. The predicted molar refractivity (Wildman–Crippen MR) is 74.7 cm³/mol. The van der Waals surface area contributed by atoms with Gasteiger partial charge in [-0.15, -0.1) is 12.4 Å². The van der Waals surface area contributed by atoms with Crippen molar-refractivity contribution in [3.8, 4) is 0 Å². The molecule has 0 bridgehead atoms. The third kappa shape index (κ3) is 6.32. The molecule has 1 rings (SSSR count). The Kier molecular flexibility index (Phi) is 8.51. The highest BCUT2D eigenvalue weighted by atomic mass is 35.5. The van der Waals surface area contributed by atoms with Crippen molar-refractivity contribution in [1.82, 2.24) is 0 Å². The van der Waals surface area contributed by atoms with Gasteiger partial charge in [-0.3, -0.25) is 4.79 Å². The standard InChI is InChI=1S/C14H21NO.ClH/c1-2-3-4-5-6-7-12-8-10-13(11-9-12)14(15)16;/h8-11H,2-7H2,1H3,(H2,15,16);1H. The summed E-state index contributed by atoms with van der Waals surface area (Å²) in [7, 11) is 0. The van der Waals surface area contributed by atoms with E-state index >= 15 is 0 Å². The largest absolute Gasteiger partial charge is 0.366 e. The topological polar surface area (TPSA) is 43.1 Å². The van der Waals surface area contributed by atoms with Crippen molar-refractivity contribution in [1.29, 1.82) is 0 Å². The Morgan fingerprint density at radius 3 is 2.18 bits per heavy atom. The normalized spacial score (nSPS) is 9.71. The van der Waals surface area contributed by atoms with Crippen LogP contribution in [0.4, 0.5) is 0 Å². The number of carbonyl (C=O) groups excluding carboxylic acids is 1. The van der Waals surface area contributed by atoms with Crippen molar-refractivity contribution in [2.24, 2.45) is 5.73 Å². The Bertz CT molecular complexity index is 321. The average Bonchev–Trinajstić information content (AvgIpc) is 2.29. The van der Waals surface area contributed by atoms with Crippen LogP contribution in [0.2, 0.25) is 0 Å². The van der Waals surface area contributed by atoms with Crippen molar-refractivity contribution in [2.45, 2.75) is 45.4 Å². The van der Waals surface area contributed by atoms with E-state index in [1.807, 2.05) is 24.3 Å². The summed E-state index contributed by atoms with van der Waals surface area (Å²) >= 11 is 0. The van der Waals surface area contributed by atoms with Crippen LogP contribution in [0.5, 0.6) is 0 Å². The van der Waals surface area contributed by atoms with E-state index in [0.717, 1.165) is 6.42 Å². The zero-order chi connectivity index (χ0) is 11.8. The quantitative estimate of drug-likeness (QED) is 0.742. The van der Waals surface area contributed by atoms with Gasteiger partial charge in [0.2, 0.25) is 5.91 Å². The summed E-state index contributed by atoms with van der Waals surface area (Å²) in [6.45, 7) is 2.22.